The number of nitrogens with one attached hydrogen (secondary N) is 2. The number of hydrogen-bond acceptors (Lipinski definition) is 5. The highest BCUT2D eigenvalue weighted by Crippen LogP contribution is 2.50. The molecule has 0 aromatic heterocycles. The van der Waals surface area contributed by atoms with Gasteiger partial charge < -0.3 is 15.1 Å². The molecule has 0 saturated carbocycles. The summed E-state index contributed by atoms with van der Waals surface area (Å²) in [6, 6.07) is 34.9. The number of fused-ring (bicyclic) bond motifs is 2. The van der Waals surface area contributed by atoms with E-state index in [1.54, 1.807) is 0 Å². The van der Waals surface area contributed by atoms with E-state index in [1.807, 2.05) is 59.6 Å². The third kappa shape index (κ3) is 3.08. The Balaban J connectivity index is 1.40. The first-order valence-electron chi connectivity index (χ1n) is 10.2. The zero-order valence-electron chi connectivity index (χ0n) is 16.7. The molecular weight excluding hydrogens is 384 g/mol. The van der Waals surface area contributed by atoms with Gasteiger partial charge in [0.25, 0.3) is 0 Å². The Labute approximate surface area is 180 Å². The number of nitrogens with zero attached hydrogens (tertiary/aromatic N) is 2. The monoisotopic (exact) mass is 404 g/mol. The number of anilines is 4. The Morgan fingerprint density at radius 3 is 2.00 bits per heavy atom. The number of ether oxygens (including phenoxy) is 1. The van der Waals surface area contributed by atoms with Gasteiger partial charge in [0.05, 0.1) is 22.8 Å². The highest BCUT2D eigenvalue weighted by atomic mass is 16.5. The average molecular weight is 404 g/mol. The van der Waals surface area contributed by atoms with E-state index in [0.29, 0.717) is 0 Å². The lowest BCUT2D eigenvalue weighted by molar-refractivity contribution is 0.477. The summed E-state index contributed by atoms with van der Waals surface area (Å²) in [5.74, 6) is 1.69. The Bertz CT molecular complexity index is 1240. The minimum Gasteiger partial charge on any atom is -0.453 e. The molecule has 150 valence electrons. The van der Waals surface area contributed by atoms with E-state index < -0.39 is 0 Å². The highest BCUT2D eigenvalue weighted by Gasteiger charge is 2.25. The topological polar surface area (TPSA) is 39.8 Å². The fraction of sp³-hybridized carbons (Fsp3) is 0. The minimum absolute atomic E-state index is 0.846. The Hall–Kier alpha value is -4.22. The molecule has 2 heterocycles. The number of hydrazine groups is 2. The number of rotatable bonds is 3. The van der Waals surface area contributed by atoms with Crippen LogP contribution < -0.4 is 25.6 Å². The molecule has 0 atom stereocenters. The summed E-state index contributed by atoms with van der Waals surface area (Å²) in [7, 11) is 0. The number of benzene rings is 4. The largest absolute Gasteiger partial charge is 0.453 e. The fourth-order valence-electron chi connectivity index (χ4n) is 3.98. The van der Waals surface area contributed by atoms with Gasteiger partial charge >= 0.3 is 0 Å². The predicted octanol–water partition coefficient (Wildman–Crippen LogP) is 6.09. The molecule has 0 radical (unpaired) electrons. The third-order valence-corrected chi connectivity index (χ3v) is 5.45. The molecule has 4 aromatic rings. The summed E-state index contributed by atoms with van der Waals surface area (Å²) in [5.41, 5.74) is 12.8. The van der Waals surface area contributed by atoms with Crippen LogP contribution in [0.2, 0.25) is 0 Å². The first-order valence-corrected chi connectivity index (χ1v) is 10.2. The van der Waals surface area contributed by atoms with Crippen LogP contribution >= 0.6 is 0 Å². The van der Waals surface area contributed by atoms with Gasteiger partial charge in [-0.05, 0) is 42.5 Å². The number of hydrogen-bond donors (Lipinski definition) is 2. The summed E-state index contributed by atoms with van der Waals surface area (Å²) in [5, 5.41) is 1.99. The van der Waals surface area contributed by atoms with Gasteiger partial charge in [0.1, 0.15) is 0 Å². The molecule has 0 bridgehead atoms. The molecule has 0 aliphatic carbocycles. The van der Waals surface area contributed by atoms with E-state index >= 15 is 0 Å². The van der Waals surface area contributed by atoms with Crippen LogP contribution in [0, 0.1) is 0 Å². The maximum absolute atomic E-state index is 6.14. The van der Waals surface area contributed by atoms with Gasteiger partial charge in [-0.1, -0.05) is 60.7 Å². The second-order valence-electron chi connectivity index (χ2n) is 7.41. The molecule has 0 fully saturated rings. The van der Waals surface area contributed by atoms with Crippen molar-refractivity contribution in [3.05, 3.63) is 115 Å². The summed E-state index contributed by atoms with van der Waals surface area (Å²) in [6.07, 6.45) is 2.07. The van der Waals surface area contributed by atoms with Crippen molar-refractivity contribution in [1.82, 2.24) is 11.0 Å². The van der Waals surface area contributed by atoms with Crippen molar-refractivity contribution >= 4 is 28.4 Å². The summed E-state index contributed by atoms with van der Waals surface area (Å²) < 4.78 is 6.14. The quantitative estimate of drug-likeness (QED) is 0.381. The molecule has 5 nitrogen and oxygen atoms in total. The second kappa shape index (κ2) is 7.23. The van der Waals surface area contributed by atoms with Crippen molar-refractivity contribution in [2.24, 2.45) is 0 Å². The van der Waals surface area contributed by atoms with E-state index in [1.165, 1.54) is 0 Å². The lowest BCUT2D eigenvalue weighted by atomic mass is 10.1. The highest BCUT2D eigenvalue weighted by molar-refractivity contribution is 5.87. The zero-order valence-corrected chi connectivity index (χ0v) is 16.7. The van der Waals surface area contributed by atoms with Crippen LogP contribution in [-0.2, 0) is 0 Å². The molecule has 0 spiro atoms. The van der Waals surface area contributed by atoms with E-state index in [9.17, 15) is 0 Å². The van der Waals surface area contributed by atoms with Crippen molar-refractivity contribution in [3.8, 4) is 11.5 Å². The van der Waals surface area contributed by atoms with Gasteiger partial charge in [-0.3, -0.25) is 5.01 Å². The zero-order chi connectivity index (χ0) is 20.6. The Kier molecular flexibility index (Phi) is 4.11. The van der Waals surface area contributed by atoms with Gasteiger partial charge in [0, 0.05) is 17.5 Å². The number of para-hydroxylation sites is 4. The van der Waals surface area contributed by atoms with Crippen LogP contribution in [0.3, 0.4) is 0 Å². The normalized spacial score (nSPS) is 14.3. The van der Waals surface area contributed by atoms with E-state index in [4.69, 9.17) is 4.74 Å². The van der Waals surface area contributed by atoms with E-state index in [0.717, 1.165) is 45.5 Å². The minimum atomic E-state index is 0.846. The van der Waals surface area contributed by atoms with Crippen molar-refractivity contribution in [2.75, 3.05) is 9.91 Å². The molecule has 31 heavy (non-hydrogen) atoms. The van der Waals surface area contributed by atoms with Crippen LogP contribution in [0.4, 0.5) is 22.7 Å². The molecule has 0 saturated heterocycles. The lowest BCUT2D eigenvalue weighted by Gasteiger charge is -2.33. The maximum atomic E-state index is 6.14. The van der Waals surface area contributed by atoms with Gasteiger partial charge in [-0.25, -0.2) is 0 Å². The van der Waals surface area contributed by atoms with Crippen LogP contribution in [0.25, 0.3) is 5.70 Å². The average Bonchev–Trinajstić information content (AvgIpc) is 3.34. The second-order valence-corrected chi connectivity index (χ2v) is 7.41. The molecule has 2 N–H and O–H groups in total. The third-order valence-electron chi connectivity index (χ3n) is 5.45. The standard InChI is InChI=1S/C26H20N4O/c1-2-9-19(10-3-1)22-18-29(28-27-22)20-11-8-12-21(17-20)30-23-13-4-6-15-25(23)31-26-16-7-5-14-24(26)30/h1-18,27-28H. The van der Waals surface area contributed by atoms with E-state index in [-0.39, 0.29) is 0 Å². The Morgan fingerprint density at radius 1 is 0.613 bits per heavy atom. The van der Waals surface area contributed by atoms with Crippen LogP contribution in [0.5, 0.6) is 11.5 Å². The van der Waals surface area contributed by atoms with Gasteiger partial charge in [0.2, 0.25) is 0 Å². The molecule has 2 aliphatic rings. The van der Waals surface area contributed by atoms with Crippen LogP contribution in [-0.4, -0.2) is 0 Å². The predicted molar refractivity (Wildman–Crippen MR) is 124 cm³/mol. The fourth-order valence-corrected chi connectivity index (χ4v) is 3.98. The van der Waals surface area contributed by atoms with Crippen molar-refractivity contribution in [1.29, 1.82) is 0 Å². The van der Waals surface area contributed by atoms with E-state index in [2.05, 4.69) is 70.6 Å². The molecule has 0 amide bonds. The van der Waals surface area contributed by atoms with Crippen LogP contribution in [0.1, 0.15) is 5.56 Å². The molecule has 4 aromatic carbocycles. The lowest BCUT2D eigenvalue weighted by Crippen LogP contribution is -2.36. The first kappa shape index (κ1) is 17.6. The molecule has 0 unspecified atom stereocenters. The van der Waals surface area contributed by atoms with Crippen molar-refractivity contribution in [3.63, 3.8) is 0 Å². The smallest absolute Gasteiger partial charge is 0.151 e. The van der Waals surface area contributed by atoms with Crippen molar-refractivity contribution < 1.29 is 4.74 Å². The van der Waals surface area contributed by atoms with Crippen LogP contribution in [0.15, 0.2) is 109 Å². The maximum Gasteiger partial charge on any atom is 0.151 e. The summed E-state index contributed by atoms with van der Waals surface area (Å²) in [4.78, 5) is 2.24. The molecule has 6 rings (SSSR count). The van der Waals surface area contributed by atoms with Crippen molar-refractivity contribution in [2.45, 2.75) is 0 Å². The SMILES string of the molecule is C1=C(c2ccccc2)NNN1c1cccc(N2c3ccccc3Oc3ccccc32)c1. The summed E-state index contributed by atoms with van der Waals surface area (Å²) in [6.45, 7) is 0. The molecule has 2 aliphatic heterocycles. The summed E-state index contributed by atoms with van der Waals surface area (Å²) >= 11 is 0. The van der Waals surface area contributed by atoms with Gasteiger partial charge in [-0.2, -0.15) is 0 Å². The molecular formula is C26H20N4O. The van der Waals surface area contributed by atoms with Gasteiger partial charge in [-0.15, -0.1) is 5.53 Å². The molecule has 5 heteroatoms. The Morgan fingerprint density at radius 2 is 1.26 bits per heavy atom. The van der Waals surface area contributed by atoms with Gasteiger partial charge in [0.15, 0.2) is 11.5 Å². The first-order chi connectivity index (χ1) is 15.4.